The molecule has 2 rings (SSSR count). The van der Waals surface area contributed by atoms with Crippen LogP contribution in [-0.2, 0) is 9.53 Å². The molecule has 5 heteroatoms. The SMILES string of the molecule is C#Cc1ccc(C2=N[C@@H](C(=O)O)[C@H](C)O2)c(O)c1. The zero-order valence-electron chi connectivity index (χ0n) is 9.62. The molecule has 18 heavy (non-hydrogen) atoms. The Morgan fingerprint density at radius 1 is 1.56 bits per heavy atom. The number of ether oxygens (including phenoxy) is 1. The molecule has 0 fully saturated rings. The third-order valence-electron chi connectivity index (χ3n) is 2.65. The van der Waals surface area contributed by atoms with E-state index in [1.165, 1.54) is 6.07 Å². The van der Waals surface area contributed by atoms with Crippen molar-refractivity contribution in [1.82, 2.24) is 0 Å². The lowest BCUT2D eigenvalue weighted by molar-refractivity contribution is -0.139. The number of aromatic hydroxyl groups is 1. The van der Waals surface area contributed by atoms with Crippen LogP contribution in [0.15, 0.2) is 23.2 Å². The molecule has 0 aromatic heterocycles. The van der Waals surface area contributed by atoms with Gasteiger partial charge in [0.1, 0.15) is 11.9 Å². The lowest BCUT2D eigenvalue weighted by Crippen LogP contribution is -2.27. The Bertz CT molecular complexity index is 571. The maximum absolute atomic E-state index is 10.9. The molecule has 1 aliphatic rings. The largest absolute Gasteiger partial charge is 0.507 e. The van der Waals surface area contributed by atoms with E-state index in [1.807, 2.05) is 0 Å². The van der Waals surface area contributed by atoms with Gasteiger partial charge in [-0.15, -0.1) is 6.42 Å². The van der Waals surface area contributed by atoms with Crippen molar-refractivity contribution >= 4 is 11.9 Å². The summed E-state index contributed by atoms with van der Waals surface area (Å²) in [5.74, 6) is 1.37. The van der Waals surface area contributed by atoms with E-state index in [0.29, 0.717) is 11.1 Å². The maximum Gasteiger partial charge on any atom is 0.332 e. The van der Waals surface area contributed by atoms with E-state index in [9.17, 15) is 9.90 Å². The molecule has 1 aromatic carbocycles. The molecule has 0 bridgehead atoms. The fraction of sp³-hybridized carbons (Fsp3) is 0.231. The van der Waals surface area contributed by atoms with E-state index < -0.39 is 18.1 Å². The molecule has 2 N–H and O–H groups in total. The first kappa shape index (κ1) is 12.0. The Morgan fingerprint density at radius 3 is 2.78 bits per heavy atom. The summed E-state index contributed by atoms with van der Waals surface area (Å²) in [6.07, 6.45) is 4.64. The standard InChI is InChI=1S/C13H11NO4/c1-3-8-4-5-9(10(15)6-8)12-14-11(13(16)17)7(2)18-12/h1,4-7,11,15H,2H3,(H,16,17)/t7-,11+/m0/s1. The van der Waals surface area contributed by atoms with Crippen LogP contribution >= 0.6 is 0 Å². The number of nitrogens with zero attached hydrogens (tertiary/aromatic N) is 1. The average molecular weight is 245 g/mol. The van der Waals surface area contributed by atoms with E-state index in [-0.39, 0.29) is 11.6 Å². The molecule has 2 atom stereocenters. The van der Waals surface area contributed by atoms with Gasteiger partial charge in [-0.3, -0.25) is 0 Å². The molecule has 0 saturated heterocycles. The smallest absolute Gasteiger partial charge is 0.332 e. The Kier molecular flexibility index (Phi) is 2.94. The van der Waals surface area contributed by atoms with Crippen molar-refractivity contribution in [1.29, 1.82) is 0 Å². The van der Waals surface area contributed by atoms with E-state index in [1.54, 1.807) is 19.1 Å². The van der Waals surface area contributed by atoms with Crippen LogP contribution in [0, 0.1) is 12.3 Å². The topological polar surface area (TPSA) is 79.1 Å². The molecule has 5 nitrogen and oxygen atoms in total. The highest BCUT2D eigenvalue weighted by Gasteiger charge is 2.34. The number of hydrogen-bond donors (Lipinski definition) is 2. The highest BCUT2D eigenvalue weighted by atomic mass is 16.5. The van der Waals surface area contributed by atoms with Crippen LogP contribution in [0.5, 0.6) is 5.75 Å². The number of carboxylic acids is 1. The van der Waals surface area contributed by atoms with Crippen LogP contribution in [0.25, 0.3) is 0 Å². The minimum atomic E-state index is -1.06. The van der Waals surface area contributed by atoms with Crippen molar-refractivity contribution in [2.45, 2.75) is 19.1 Å². The van der Waals surface area contributed by atoms with E-state index in [0.717, 1.165) is 0 Å². The Balaban J connectivity index is 2.37. The van der Waals surface area contributed by atoms with Crippen LogP contribution in [0.4, 0.5) is 0 Å². The molecule has 92 valence electrons. The van der Waals surface area contributed by atoms with Gasteiger partial charge in [0.15, 0.2) is 6.04 Å². The number of benzene rings is 1. The number of carbonyl (C=O) groups is 1. The number of carboxylic acid groups (broad SMARTS) is 1. The molecule has 0 aliphatic carbocycles. The van der Waals surface area contributed by atoms with Gasteiger partial charge in [-0.1, -0.05) is 5.92 Å². The summed E-state index contributed by atoms with van der Waals surface area (Å²) in [5.41, 5.74) is 0.863. The van der Waals surface area contributed by atoms with Crippen LogP contribution in [0.3, 0.4) is 0 Å². The summed E-state index contributed by atoms with van der Waals surface area (Å²) in [6, 6.07) is 3.63. The van der Waals surface area contributed by atoms with Crippen LogP contribution < -0.4 is 0 Å². The highest BCUT2D eigenvalue weighted by Crippen LogP contribution is 2.25. The lowest BCUT2D eigenvalue weighted by Gasteiger charge is -2.09. The summed E-state index contributed by atoms with van der Waals surface area (Å²) in [7, 11) is 0. The van der Waals surface area contributed by atoms with Gasteiger partial charge in [-0.05, 0) is 25.1 Å². The van der Waals surface area contributed by atoms with Crippen molar-refractivity contribution in [2.75, 3.05) is 0 Å². The van der Waals surface area contributed by atoms with Crippen molar-refractivity contribution in [3.05, 3.63) is 29.3 Å². The second kappa shape index (κ2) is 4.41. The Hall–Kier alpha value is -2.48. The molecule has 0 saturated carbocycles. The Labute approximate surface area is 104 Å². The van der Waals surface area contributed by atoms with Gasteiger partial charge in [0.25, 0.3) is 0 Å². The number of hydrogen-bond acceptors (Lipinski definition) is 4. The number of aliphatic imine (C=N–C) groups is 1. The molecule has 0 unspecified atom stereocenters. The van der Waals surface area contributed by atoms with Gasteiger partial charge in [0.05, 0.1) is 5.56 Å². The number of rotatable bonds is 2. The minimum absolute atomic E-state index is 0.0811. The van der Waals surface area contributed by atoms with E-state index in [2.05, 4.69) is 10.9 Å². The number of terminal acetylenes is 1. The van der Waals surface area contributed by atoms with E-state index in [4.69, 9.17) is 16.3 Å². The highest BCUT2D eigenvalue weighted by molar-refractivity contribution is 6.00. The summed E-state index contributed by atoms with van der Waals surface area (Å²) >= 11 is 0. The normalized spacial score (nSPS) is 21.9. The number of aliphatic carboxylic acids is 1. The predicted octanol–water partition coefficient (Wildman–Crippen LogP) is 0.992. The second-order valence-corrected chi connectivity index (χ2v) is 3.92. The first-order chi connectivity index (χ1) is 8.52. The zero-order chi connectivity index (χ0) is 13.3. The van der Waals surface area contributed by atoms with Gasteiger partial charge >= 0.3 is 5.97 Å². The molecule has 1 heterocycles. The second-order valence-electron chi connectivity index (χ2n) is 3.92. The molecule has 0 amide bonds. The zero-order valence-corrected chi connectivity index (χ0v) is 9.62. The molecule has 1 aliphatic heterocycles. The third kappa shape index (κ3) is 2.00. The van der Waals surface area contributed by atoms with E-state index >= 15 is 0 Å². The predicted molar refractivity (Wildman–Crippen MR) is 64.5 cm³/mol. The molecule has 0 spiro atoms. The summed E-state index contributed by atoms with van der Waals surface area (Å²) in [5, 5.41) is 18.7. The number of phenolic OH excluding ortho intramolecular Hbond substituents is 1. The molecular weight excluding hydrogens is 234 g/mol. The lowest BCUT2D eigenvalue weighted by atomic mass is 10.1. The molecule has 1 aromatic rings. The molecule has 0 radical (unpaired) electrons. The van der Waals surface area contributed by atoms with Gasteiger partial charge in [0, 0.05) is 5.56 Å². The average Bonchev–Trinajstić information content (AvgIpc) is 2.71. The Morgan fingerprint density at radius 2 is 2.28 bits per heavy atom. The van der Waals surface area contributed by atoms with Crippen molar-refractivity contribution in [3.8, 4) is 18.1 Å². The molecular formula is C13H11NO4. The van der Waals surface area contributed by atoms with Crippen LogP contribution in [-0.4, -0.2) is 34.2 Å². The fourth-order valence-electron chi connectivity index (χ4n) is 1.69. The first-order valence-electron chi connectivity index (χ1n) is 5.30. The van der Waals surface area contributed by atoms with Crippen molar-refractivity contribution in [3.63, 3.8) is 0 Å². The minimum Gasteiger partial charge on any atom is -0.507 e. The monoisotopic (exact) mass is 245 g/mol. The van der Waals surface area contributed by atoms with Crippen LogP contribution in [0.2, 0.25) is 0 Å². The quantitative estimate of drug-likeness (QED) is 0.761. The maximum atomic E-state index is 10.9. The van der Waals surface area contributed by atoms with Gasteiger partial charge < -0.3 is 14.9 Å². The van der Waals surface area contributed by atoms with Crippen molar-refractivity contribution < 1.29 is 19.7 Å². The van der Waals surface area contributed by atoms with Gasteiger partial charge in [-0.2, -0.15) is 0 Å². The first-order valence-corrected chi connectivity index (χ1v) is 5.30. The summed E-state index contributed by atoms with van der Waals surface area (Å²) in [6.45, 7) is 1.61. The van der Waals surface area contributed by atoms with Crippen molar-refractivity contribution in [2.24, 2.45) is 4.99 Å². The van der Waals surface area contributed by atoms with Gasteiger partial charge in [-0.25, -0.2) is 9.79 Å². The number of phenols is 1. The summed E-state index contributed by atoms with van der Waals surface area (Å²) < 4.78 is 5.33. The van der Waals surface area contributed by atoms with Gasteiger partial charge in [0.2, 0.25) is 5.90 Å². The fourth-order valence-corrected chi connectivity index (χ4v) is 1.69. The third-order valence-corrected chi connectivity index (χ3v) is 2.65. The van der Waals surface area contributed by atoms with Crippen LogP contribution in [0.1, 0.15) is 18.1 Å². The summed E-state index contributed by atoms with van der Waals surface area (Å²) in [4.78, 5) is 14.8.